The molecular formula is C30H32FN5O3. The van der Waals surface area contributed by atoms with Crippen LogP contribution in [0.2, 0.25) is 0 Å². The monoisotopic (exact) mass is 529 g/mol. The number of fused-ring (bicyclic) bond motifs is 1. The number of hydrogen-bond acceptors (Lipinski definition) is 6. The van der Waals surface area contributed by atoms with Crippen LogP contribution in [0.5, 0.6) is 0 Å². The highest BCUT2D eigenvalue weighted by atomic mass is 19.1. The number of hydrogen-bond donors (Lipinski definition) is 1. The topological polar surface area (TPSA) is 95.4 Å². The molecule has 0 bridgehead atoms. The summed E-state index contributed by atoms with van der Waals surface area (Å²) in [6.45, 7) is 4.01. The van der Waals surface area contributed by atoms with Gasteiger partial charge in [-0.15, -0.1) is 0 Å². The molecule has 2 aliphatic rings. The minimum atomic E-state index is -0.618. The van der Waals surface area contributed by atoms with E-state index in [0.717, 1.165) is 63.0 Å². The van der Waals surface area contributed by atoms with Gasteiger partial charge >= 0.3 is 5.69 Å². The molecule has 1 saturated carbocycles. The fourth-order valence-corrected chi connectivity index (χ4v) is 5.85. The Balaban J connectivity index is 1.48. The van der Waals surface area contributed by atoms with E-state index in [-0.39, 0.29) is 23.1 Å². The molecule has 0 spiro atoms. The molecule has 4 aromatic rings. The second kappa shape index (κ2) is 10.8. The Morgan fingerprint density at radius 3 is 2.54 bits per heavy atom. The van der Waals surface area contributed by atoms with Gasteiger partial charge in [0.15, 0.2) is 5.65 Å². The van der Waals surface area contributed by atoms with E-state index in [2.05, 4.69) is 22.0 Å². The molecule has 202 valence electrons. The minimum Gasteiger partial charge on any atom is -0.379 e. The van der Waals surface area contributed by atoms with Gasteiger partial charge in [0.25, 0.3) is 5.56 Å². The summed E-state index contributed by atoms with van der Waals surface area (Å²) in [5, 5.41) is 0.0857. The fourth-order valence-electron chi connectivity index (χ4n) is 5.85. The second-order valence-electron chi connectivity index (χ2n) is 10.5. The Labute approximate surface area is 225 Å². The number of morpholine rings is 1. The third kappa shape index (κ3) is 5.05. The van der Waals surface area contributed by atoms with Crippen molar-refractivity contribution in [2.75, 3.05) is 26.3 Å². The molecule has 2 N–H and O–H groups in total. The zero-order chi connectivity index (χ0) is 26.9. The van der Waals surface area contributed by atoms with Gasteiger partial charge in [0.05, 0.1) is 30.5 Å². The molecule has 1 saturated heterocycles. The molecule has 0 amide bonds. The van der Waals surface area contributed by atoms with E-state index < -0.39 is 17.1 Å². The van der Waals surface area contributed by atoms with Crippen molar-refractivity contribution in [2.45, 2.75) is 44.3 Å². The molecule has 1 aliphatic carbocycles. The maximum absolute atomic E-state index is 14.3. The standard InChI is InChI=1S/C30H32FN5O3/c31-22-17-27-28(33-18-22)35(30(38)36(29(27)37)24-10-8-23(32)9-11-24)25-6-3-5-20(16-25)26-7-2-1-4-21(26)19-34-12-14-39-15-13-34/h1-7,16-18,23-24H,8-15,19,32H2/t23-,24+. The number of nitrogens with zero attached hydrogens (tertiary/aromatic N) is 4. The van der Waals surface area contributed by atoms with Crippen LogP contribution in [0.25, 0.3) is 27.8 Å². The number of nitrogens with two attached hydrogens (primary N) is 1. The normalized spacial score (nSPS) is 20.4. The van der Waals surface area contributed by atoms with Crippen LogP contribution in [0.3, 0.4) is 0 Å². The zero-order valence-electron chi connectivity index (χ0n) is 21.8. The third-order valence-corrected chi connectivity index (χ3v) is 7.93. The number of rotatable bonds is 5. The first-order valence-electron chi connectivity index (χ1n) is 13.6. The molecule has 6 rings (SSSR count). The van der Waals surface area contributed by atoms with Crippen LogP contribution < -0.4 is 17.0 Å². The average molecular weight is 530 g/mol. The van der Waals surface area contributed by atoms with Gasteiger partial charge in [-0.2, -0.15) is 0 Å². The largest absolute Gasteiger partial charge is 0.379 e. The first-order valence-corrected chi connectivity index (χ1v) is 13.6. The lowest BCUT2D eigenvalue weighted by Crippen LogP contribution is -2.44. The van der Waals surface area contributed by atoms with E-state index in [9.17, 15) is 14.0 Å². The first-order chi connectivity index (χ1) is 19.0. The summed E-state index contributed by atoms with van der Waals surface area (Å²) in [5.41, 5.74) is 9.02. The SMILES string of the molecule is N[C@H]1CC[C@@H](n2c(=O)c3cc(F)cnc3n(-c3cccc(-c4ccccc4CN4CCOCC4)c3)c2=O)CC1. The van der Waals surface area contributed by atoms with E-state index in [1.807, 2.05) is 36.4 Å². The molecule has 2 aromatic heterocycles. The van der Waals surface area contributed by atoms with Crippen molar-refractivity contribution in [1.82, 2.24) is 19.0 Å². The van der Waals surface area contributed by atoms with Crippen molar-refractivity contribution >= 4 is 11.0 Å². The van der Waals surface area contributed by atoms with E-state index >= 15 is 0 Å². The number of pyridine rings is 1. The maximum atomic E-state index is 14.3. The maximum Gasteiger partial charge on any atom is 0.337 e. The van der Waals surface area contributed by atoms with Crippen LogP contribution in [0, 0.1) is 5.82 Å². The van der Waals surface area contributed by atoms with Gasteiger partial charge in [0.1, 0.15) is 5.82 Å². The predicted octanol–water partition coefficient (Wildman–Crippen LogP) is 3.63. The van der Waals surface area contributed by atoms with E-state index in [0.29, 0.717) is 18.5 Å². The van der Waals surface area contributed by atoms with Crippen molar-refractivity contribution in [2.24, 2.45) is 5.73 Å². The van der Waals surface area contributed by atoms with Gasteiger partial charge < -0.3 is 10.5 Å². The number of benzene rings is 2. The molecule has 2 fully saturated rings. The molecular weight excluding hydrogens is 497 g/mol. The van der Waals surface area contributed by atoms with E-state index in [1.165, 1.54) is 20.8 Å². The van der Waals surface area contributed by atoms with Crippen LogP contribution in [0.15, 0.2) is 70.4 Å². The van der Waals surface area contributed by atoms with Crippen LogP contribution in [0.1, 0.15) is 37.3 Å². The first kappa shape index (κ1) is 25.6. The molecule has 8 nitrogen and oxygen atoms in total. The third-order valence-electron chi connectivity index (χ3n) is 7.93. The fraction of sp³-hybridized carbons (Fsp3) is 0.367. The second-order valence-corrected chi connectivity index (χ2v) is 10.5. The zero-order valence-corrected chi connectivity index (χ0v) is 21.8. The molecule has 2 aromatic carbocycles. The lowest BCUT2D eigenvalue weighted by molar-refractivity contribution is 0.0342. The summed E-state index contributed by atoms with van der Waals surface area (Å²) in [7, 11) is 0. The smallest absolute Gasteiger partial charge is 0.337 e. The average Bonchev–Trinajstić information content (AvgIpc) is 2.95. The Morgan fingerprint density at radius 2 is 1.74 bits per heavy atom. The van der Waals surface area contributed by atoms with Gasteiger partial charge in [0.2, 0.25) is 0 Å². The summed E-state index contributed by atoms with van der Waals surface area (Å²) < 4.78 is 22.5. The van der Waals surface area contributed by atoms with Crippen LogP contribution in [0.4, 0.5) is 4.39 Å². The Kier molecular flexibility index (Phi) is 7.12. The molecule has 1 aliphatic heterocycles. The summed E-state index contributed by atoms with van der Waals surface area (Å²) in [5.74, 6) is -0.618. The Bertz CT molecular complexity index is 1620. The number of halogens is 1. The molecule has 0 atom stereocenters. The van der Waals surface area contributed by atoms with Crippen molar-refractivity contribution in [1.29, 1.82) is 0 Å². The van der Waals surface area contributed by atoms with Crippen molar-refractivity contribution in [3.05, 3.63) is 93.0 Å². The minimum absolute atomic E-state index is 0.0629. The van der Waals surface area contributed by atoms with Crippen LogP contribution >= 0.6 is 0 Å². The van der Waals surface area contributed by atoms with E-state index in [1.54, 1.807) is 0 Å². The van der Waals surface area contributed by atoms with Gasteiger partial charge in [-0.25, -0.2) is 18.7 Å². The lowest BCUT2D eigenvalue weighted by Gasteiger charge is -2.28. The molecule has 0 radical (unpaired) electrons. The molecule has 0 unspecified atom stereocenters. The summed E-state index contributed by atoms with van der Waals surface area (Å²) in [6, 6.07) is 16.9. The highest BCUT2D eigenvalue weighted by Gasteiger charge is 2.26. The van der Waals surface area contributed by atoms with Gasteiger partial charge in [-0.1, -0.05) is 36.4 Å². The summed E-state index contributed by atoms with van der Waals surface area (Å²) in [6.07, 6.45) is 3.75. The van der Waals surface area contributed by atoms with Crippen molar-refractivity contribution in [3.63, 3.8) is 0 Å². The van der Waals surface area contributed by atoms with Crippen LogP contribution in [-0.4, -0.2) is 51.4 Å². The molecule has 3 heterocycles. The summed E-state index contributed by atoms with van der Waals surface area (Å²) in [4.78, 5) is 34.1. The van der Waals surface area contributed by atoms with Gasteiger partial charge in [0, 0.05) is 31.7 Å². The van der Waals surface area contributed by atoms with Gasteiger partial charge in [-0.05, 0) is 60.6 Å². The molecule has 9 heteroatoms. The van der Waals surface area contributed by atoms with Crippen molar-refractivity contribution < 1.29 is 9.13 Å². The lowest BCUT2D eigenvalue weighted by atomic mass is 9.91. The Morgan fingerprint density at radius 1 is 0.974 bits per heavy atom. The quantitative estimate of drug-likeness (QED) is 0.424. The molecule has 39 heavy (non-hydrogen) atoms. The highest BCUT2D eigenvalue weighted by Crippen LogP contribution is 2.29. The number of ether oxygens (including phenoxy) is 1. The van der Waals surface area contributed by atoms with Crippen LogP contribution in [-0.2, 0) is 11.3 Å². The highest BCUT2D eigenvalue weighted by molar-refractivity contribution is 5.77. The summed E-state index contributed by atoms with van der Waals surface area (Å²) >= 11 is 0. The van der Waals surface area contributed by atoms with E-state index in [4.69, 9.17) is 10.5 Å². The Hall–Kier alpha value is -3.66. The van der Waals surface area contributed by atoms with Crippen molar-refractivity contribution in [3.8, 4) is 16.8 Å². The number of aromatic nitrogens is 3. The van der Waals surface area contributed by atoms with Gasteiger partial charge in [-0.3, -0.25) is 14.3 Å². The predicted molar refractivity (Wildman–Crippen MR) is 149 cm³/mol.